The molecule has 4 N–H and O–H groups in total. The molecule has 1 aromatic carbocycles. The molecular formula is C15H24N4O. The molecule has 1 unspecified atom stereocenters. The van der Waals surface area contributed by atoms with Crippen LogP contribution >= 0.6 is 0 Å². The molecule has 0 saturated carbocycles. The van der Waals surface area contributed by atoms with Crippen molar-refractivity contribution < 1.29 is 4.79 Å². The number of carbonyl (C=O) groups excluding carboxylic acids is 1. The first-order valence-electron chi connectivity index (χ1n) is 7.17. The number of nitrogens with zero attached hydrogens (tertiary/aromatic N) is 1. The second-order valence-corrected chi connectivity index (χ2v) is 5.55. The number of rotatable bonds is 4. The van der Waals surface area contributed by atoms with E-state index in [0.29, 0.717) is 6.04 Å². The van der Waals surface area contributed by atoms with Crippen LogP contribution in [-0.4, -0.2) is 43.0 Å². The van der Waals surface area contributed by atoms with Crippen LogP contribution in [-0.2, 0) is 4.79 Å². The average molecular weight is 276 g/mol. The van der Waals surface area contributed by atoms with Crippen molar-refractivity contribution in [2.45, 2.75) is 31.8 Å². The Morgan fingerprint density at radius 2 is 1.90 bits per heavy atom. The summed E-state index contributed by atoms with van der Waals surface area (Å²) in [6.07, 6.45) is 2.23. The van der Waals surface area contributed by atoms with E-state index < -0.39 is 6.04 Å². The first-order valence-corrected chi connectivity index (χ1v) is 7.17. The zero-order valence-electron chi connectivity index (χ0n) is 12.2. The van der Waals surface area contributed by atoms with E-state index in [0.717, 1.165) is 37.3 Å². The third kappa shape index (κ3) is 3.95. The van der Waals surface area contributed by atoms with Gasteiger partial charge < -0.3 is 21.3 Å². The van der Waals surface area contributed by atoms with Gasteiger partial charge in [-0.2, -0.15) is 0 Å². The minimum atomic E-state index is -0.508. The van der Waals surface area contributed by atoms with Crippen molar-refractivity contribution >= 4 is 17.3 Å². The van der Waals surface area contributed by atoms with Crippen LogP contribution in [0.25, 0.3) is 0 Å². The Balaban J connectivity index is 2.02. The molecule has 1 aliphatic heterocycles. The molecule has 0 radical (unpaired) electrons. The van der Waals surface area contributed by atoms with Gasteiger partial charge in [-0.05, 0) is 52.0 Å². The maximum Gasteiger partial charge on any atom is 0.241 e. The van der Waals surface area contributed by atoms with E-state index in [1.807, 2.05) is 24.3 Å². The third-order valence-electron chi connectivity index (χ3n) is 3.68. The van der Waals surface area contributed by atoms with Crippen molar-refractivity contribution in [3.8, 4) is 0 Å². The minimum Gasteiger partial charge on any atom is -0.381 e. The van der Waals surface area contributed by atoms with E-state index in [-0.39, 0.29) is 5.91 Å². The highest BCUT2D eigenvalue weighted by Crippen LogP contribution is 2.24. The molecule has 20 heavy (non-hydrogen) atoms. The second-order valence-electron chi connectivity index (χ2n) is 5.55. The summed E-state index contributed by atoms with van der Waals surface area (Å²) in [5, 5.41) is 6.40. The molecule has 0 aliphatic carbocycles. The van der Waals surface area contributed by atoms with Gasteiger partial charge in [0.2, 0.25) is 5.91 Å². The zero-order valence-corrected chi connectivity index (χ0v) is 12.2. The van der Waals surface area contributed by atoms with Crippen LogP contribution in [0.5, 0.6) is 0 Å². The Morgan fingerprint density at radius 3 is 2.50 bits per heavy atom. The van der Waals surface area contributed by atoms with E-state index in [2.05, 4.69) is 22.6 Å². The molecule has 0 bridgehead atoms. The lowest BCUT2D eigenvalue weighted by atomic mass is 10.0. The Hall–Kier alpha value is -1.59. The van der Waals surface area contributed by atoms with Crippen LogP contribution in [0.15, 0.2) is 24.3 Å². The molecule has 5 heteroatoms. The lowest BCUT2D eigenvalue weighted by Gasteiger charge is -2.30. The van der Waals surface area contributed by atoms with Gasteiger partial charge in [0, 0.05) is 6.04 Å². The van der Waals surface area contributed by atoms with Crippen LogP contribution in [0.4, 0.5) is 11.4 Å². The Labute approximate surface area is 120 Å². The van der Waals surface area contributed by atoms with Gasteiger partial charge in [0.05, 0.1) is 17.4 Å². The van der Waals surface area contributed by atoms with Crippen molar-refractivity contribution in [3.63, 3.8) is 0 Å². The molecular weight excluding hydrogens is 252 g/mol. The SMILES string of the molecule is CC(N)C(=O)Nc1ccccc1NC1CCN(C)CC1. The predicted molar refractivity (Wildman–Crippen MR) is 82.9 cm³/mol. The number of nitrogens with one attached hydrogen (secondary N) is 2. The van der Waals surface area contributed by atoms with E-state index >= 15 is 0 Å². The van der Waals surface area contributed by atoms with Crippen LogP contribution in [0, 0.1) is 0 Å². The van der Waals surface area contributed by atoms with Crippen LogP contribution < -0.4 is 16.4 Å². The number of amides is 1. The van der Waals surface area contributed by atoms with Crippen LogP contribution in [0.3, 0.4) is 0 Å². The van der Waals surface area contributed by atoms with Gasteiger partial charge in [-0.3, -0.25) is 4.79 Å². The number of likely N-dealkylation sites (tertiary alicyclic amines) is 1. The highest BCUT2D eigenvalue weighted by molar-refractivity contribution is 5.97. The molecule has 1 saturated heterocycles. The average Bonchev–Trinajstić information content (AvgIpc) is 2.43. The molecule has 1 heterocycles. The molecule has 1 amide bonds. The molecule has 0 aromatic heterocycles. The number of piperidine rings is 1. The third-order valence-corrected chi connectivity index (χ3v) is 3.68. The monoisotopic (exact) mass is 276 g/mol. The summed E-state index contributed by atoms with van der Waals surface area (Å²) in [5.74, 6) is -0.164. The number of hydrogen-bond acceptors (Lipinski definition) is 4. The highest BCUT2D eigenvalue weighted by atomic mass is 16.2. The van der Waals surface area contributed by atoms with Gasteiger partial charge in [-0.1, -0.05) is 12.1 Å². The molecule has 5 nitrogen and oxygen atoms in total. The fraction of sp³-hybridized carbons (Fsp3) is 0.533. The lowest BCUT2D eigenvalue weighted by molar-refractivity contribution is -0.117. The molecule has 1 aliphatic rings. The summed E-state index contributed by atoms with van der Waals surface area (Å²) in [5.41, 5.74) is 7.36. The van der Waals surface area contributed by atoms with Crippen molar-refractivity contribution in [2.75, 3.05) is 30.8 Å². The summed E-state index contributed by atoms with van der Waals surface area (Å²) in [4.78, 5) is 14.1. The summed E-state index contributed by atoms with van der Waals surface area (Å²) in [7, 11) is 2.15. The quantitative estimate of drug-likeness (QED) is 0.779. The summed E-state index contributed by atoms with van der Waals surface area (Å²) < 4.78 is 0. The smallest absolute Gasteiger partial charge is 0.241 e. The van der Waals surface area contributed by atoms with Crippen molar-refractivity contribution in [1.29, 1.82) is 0 Å². The maximum atomic E-state index is 11.7. The van der Waals surface area contributed by atoms with Gasteiger partial charge in [-0.15, -0.1) is 0 Å². The number of carbonyl (C=O) groups is 1. The minimum absolute atomic E-state index is 0.164. The molecule has 2 rings (SSSR count). The van der Waals surface area contributed by atoms with Crippen LogP contribution in [0.2, 0.25) is 0 Å². The number of anilines is 2. The number of hydrogen-bond donors (Lipinski definition) is 3. The number of para-hydroxylation sites is 2. The fourth-order valence-electron chi connectivity index (χ4n) is 2.34. The van der Waals surface area contributed by atoms with E-state index in [1.165, 1.54) is 0 Å². The fourth-order valence-corrected chi connectivity index (χ4v) is 2.34. The predicted octanol–water partition coefficient (Wildman–Crippen LogP) is 1.48. The van der Waals surface area contributed by atoms with Gasteiger partial charge in [-0.25, -0.2) is 0 Å². The normalized spacial score (nSPS) is 18.6. The van der Waals surface area contributed by atoms with Gasteiger partial charge in [0.25, 0.3) is 0 Å². The molecule has 0 spiro atoms. The molecule has 1 atom stereocenters. The van der Waals surface area contributed by atoms with Gasteiger partial charge in [0.15, 0.2) is 0 Å². The standard InChI is InChI=1S/C15H24N4O/c1-11(16)15(20)18-14-6-4-3-5-13(14)17-12-7-9-19(2)10-8-12/h3-6,11-12,17H,7-10,16H2,1-2H3,(H,18,20). The van der Waals surface area contributed by atoms with Crippen molar-refractivity contribution in [1.82, 2.24) is 4.90 Å². The van der Waals surface area contributed by atoms with E-state index in [9.17, 15) is 4.79 Å². The molecule has 1 fully saturated rings. The topological polar surface area (TPSA) is 70.4 Å². The first kappa shape index (κ1) is 14.8. The second kappa shape index (κ2) is 6.72. The van der Waals surface area contributed by atoms with Gasteiger partial charge in [0.1, 0.15) is 0 Å². The highest BCUT2D eigenvalue weighted by Gasteiger charge is 2.18. The zero-order chi connectivity index (χ0) is 14.5. The molecule has 1 aromatic rings. The number of benzene rings is 1. The van der Waals surface area contributed by atoms with Gasteiger partial charge >= 0.3 is 0 Å². The lowest BCUT2D eigenvalue weighted by Crippen LogP contribution is -2.37. The van der Waals surface area contributed by atoms with E-state index in [4.69, 9.17) is 5.73 Å². The Kier molecular flexibility index (Phi) is 4.98. The van der Waals surface area contributed by atoms with Crippen molar-refractivity contribution in [3.05, 3.63) is 24.3 Å². The van der Waals surface area contributed by atoms with E-state index in [1.54, 1.807) is 6.92 Å². The Morgan fingerprint density at radius 1 is 1.30 bits per heavy atom. The molecule has 110 valence electrons. The number of nitrogens with two attached hydrogens (primary N) is 1. The van der Waals surface area contributed by atoms with Crippen LogP contribution in [0.1, 0.15) is 19.8 Å². The van der Waals surface area contributed by atoms with Crippen molar-refractivity contribution in [2.24, 2.45) is 5.73 Å². The summed E-state index contributed by atoms with van der Waals surface area (Å²) >= 11 is 0. The largest absolute Gasteiger partial charge is 0.381 e. The Bertz CT molecular complexity index is 453. The summed E-state index contributed by atoms with van der Waals surface area (Å²) in [6.45, 7) is 3.89. The summed E-state index contributed by atoms with van der Waals surface area (Å²) in [6, 6.07) is 7.73. The maximum absolute atomic E-state index is 11.7. The first-order chi connectivity index (χ1) is 9.56.